The number of carbonyl (C=O) groups excluding carboxylic acids is 1. The van der Waals surface area contributed by atoms with Gasteiger partial charge in [-0.3, -0.25) is 4.79 Å². The molecule has 0 saturated carbocycles. The Bertz CT molecular complexity index is 1180. The highest BCUT2D eigenvalue weighted by Gasteiger charge is 2.17. The fourth-order valence-corrected chi connectivity index (χ4v) is 3.60. The van der Waals surface area contributed by atoms with Gasteiger partial charge in [0.1, 0.15) is 0 Å². The summed E-state index contributed by atoms with van der Waals surface area (Å²) >= 11 is 0. The van der Waals surface area contributed by atoms with E-state index in [1.165, 1.54) is 0 Å². The summed E-state index contributed by atoms with van der Waals surface area (Å²) in [6.45, 7) is 4.42. The molecule has 3 aromatic rings. The highest BCUT2D eigenvalue weighted by molar-refractivity contribution is 5.95. The molecule has 0 fully saturated rings. The Balaban J connectivity index is 1.33. The van der Waals surface area contributed by atoms with Crippen LogP contribution in [0, 0.1) is 13.8 Å². The van der Waals surface area contributed by atoms with Gasteiger partial charge in [0.15, 0.2) is 23.0 Å². The smallest absolute Gasteiger partial charge is 0.271 e. The van der Waals surface area contributed by atoms with E-state index < -0.39 is 0 Å². The van der Waals surface area contributed by atoms with Crippen molar-refractivity contribution in [3.63, 3.8) is 0 Å². The molecule has 5 rings (SSSR count). The Morgan fingerprint density at radius 1 is 0.933 bits per heavy atom. The standard InChI is InChI=1S/C22H19N3O5/c1-13-7-16(14(2)25(13)17-4-6-19-21(9-17)30-12-28-19)10-23-24-22(26)15-3-5-18-20(8-15)29-11-27-18/h3-10H,11-12H2,1-2H3,(H,24,26)/b23-10-. The SMILES string of the molecule is Cc1cc(/C=N\NC(=O)c2ccc3c(c2)OCO3)c(C)n1-c1ccc2c(c1)OCO2. The maximum atomic E-state index is 12.4. The van der Waals surface area contributed by atoms with Gasteiger partial charge in [0, 0.05) is 34.3 Å². The zero-order valence-corrected chi connectivity index (χ0v) is 16.5. The van der Waals surface area contributed by atoms with E-state index in [0.717, 1.165) is 34.1 Å². The van der Waals surface area contributed by atoms with Crippen LogP contribution in [0.3, 0.4) is 0 Å². The van der Waals surface area contributed by atoms with E-state index in [2.05, 4.69) is 15.1 Å². The topological polar surface area (TPSA) is 83.3 Å². The fourth-order valence-electron chi connectivity index (χ4n) is 3.60. The summed E-state index contributed by atoms with van der Waals surface area (Å²) in [6, 6.07) is 12.9. The summed E-state index contributed by atoms with van der Waals surface area (Å²) in [5.41, 5.74) is 6.90. The van der Waals surface area contributed by atoms with Crippen LogP contribution in [0.4, 0.5) is 0 Å². The lowest BCUT2D eigenvalue weighted by Crippen LogP contribution is -2.17. The van der Waals surface area contributed by atoms with Gasteiger partial charge >= 0.3 is 0 Å². The molecule has 0 atom stereocenters. The molecule has 0 spiro atoms. The minimum atomic E-state index is -0.325. The Hall–Kier alpha value is -3.94. The van der Waals surface area contributed by atoms with Crippen LogP contribution in [0.25, 0.3) is 5.69 Å². The number of benzene rings is 2. The third kappa shape index (κ3) is 3.12. The van der Waals surface area contributed by atoms with E-state index >= 15 is 0 Å². The van der Waals surface area contributed by atoms with Gasteiger partial charge in [0.2, 0.25) is 13.6 Å². The number of aryl methyl sites for hydroxylation is 1. The van der Waals surface area contributed by atoms with E-state index in [1.54, 1.807) is 24.4 Å². The summed E-state index contributed by atoms with van der Waals surface area (Å²) in [5, 5.41) is 4.12. The first-order valence-electron chi connectivity index (χ1n) is 9.42. The number of aromatic nitrogens is 1. The van der Waals surface area contributed by atoms with Crippen molar-refractivity contribution in [3.05, 3.63) is 65.0 Å². The number of nitrogens with zero attached hydrogens (tertiary/aromatic N) is 2. The Labute approximate surface area is 172 Å². The molecule has 2 aromatic carbocycles. The molecule has 0 bridgehead atoms. The van der Waals surface area contributed by atoms with Crippen LogP contribution >= 0.6 is 0 Å². The molecule has 1 amide bonds. The molecule has 0 saturated heterocycles. The average Bonchev–Trinajstić information content (AvgIpc) is 3.46. The van der Waals surface area contributed by atoms with Crippen molar-refractivity contribution in [1.82, 2.24) is 9.99 Å². The maximum Gasteiger partial charge on any atom is 0.271 e. The number of rotatable bonds is 4. The first-order valence-corrected chi connectivity index (χ1v) is 9.42. The Kier molecular flexibility index (Phi) is 4.31. The quantitative estimate of drug-likeness (QED) is 0.532. The summed E-state index contributed by atoms with van der Waals surface area (Å²) in [7, 11) is 0. The molecule has 2 aliphatic heterocycles. The number of fused-ring (bicyclic) bond motifs is 2. The average molecular weight is 405 g/mol. The fraction of sp³-hybridized carbons (Fsp3) is 0.182. The first-order chi connectivity index (χ1) is 14.6. The van der Waals surface area contributed by atoms with Gasteiger partial charge in [-0.15, -0.1) is 0 Å². The molecule has 8 heteroatoms. The maximum absolute atomic E-state index is 12.4. The second kappa shape index (κ2) is 7.14. The molecular weight excluding hydrogens is 386 g/mol. The number of hydrogen-bond acceptors (Lipinski definition) is 6. The second-order valence-electron chi connectivity index (χ2n) is 6.97. The molecule has 3 heterocycles. The van der Waals surface area contributed by atoms with Gasteiger partial charge in [-0.2, -0.15) is 5.10 Å². The minimum absolute atomic E-state index is 0.164. The molecule has 8 nitrogen and oxygen atoms in total. The Morgan fingerprint density at radius 3 is 2.37 bits per heavy atom. The van der Waals surface area contributed by atoms with Gasteiger partial charge in [0.05, 0.1) is 6.21 Å². The summed E-state index contributed by atoms with van der Waals surface area (Å²) in [4.78, 5) is 12.4. The lowest BCUT2D eigenvalue weighted by molar-refractivity contribution is 0.0954. The van der Waals surface area contributed by atoms with Gasteiger partial charge in [0.25, 0.3) is 5.91 Å². The van der Waals surface area contributed by atoms with Crippen molar-refractivity contribution in [1.29, 1.82) is 0 Å². The minimum Gasteiger partial charge on any atom is -0.454 e. The summed E-state index contributed by atoms with van der Waals surface area (Å²) < 4.78 is 23.5. The third-order valence-electron chi connectivity index (χ3n) is 5.09. The van der Waals surface area contributed by atoms with Crippen molar-refractivity contribution < 1.29 is 23.7 Å². The van der Waals surface area contributed by atoms with Crippen molar-refractivity contribution in [2.45, 2.75) is 13.8 Å². The number of hydrazone groups is 1. The zero-order valence-electron chi connectivity index (χ0n) is 16.5. The van der Waals surface area contributed by atoms with Crippen LogP contribution in [-0.4, -0.2) is 30.3 Å². The van der Waals surface area contributed by atoms with Crippen LogP contribution in [0.1, 0.15) is 27.3 Å². The predicted octanol–water partition coefficient (Wildman–Crippen LogP) is 3.32. The molecule has 1 N–H and O–H groups in total. The zero-order chi connectivity index (χ0) is 20.7. The number of ether oxygens (including phenoxy) is 4. The lowest BCUT2D eigenvalue weighted by atomic mass is 10.2. The van der Waals surface area contributed by atoms with E-state index in [9.17, 15) is 4.79 Å². The monoisotopic (exact) mass is 405 g/mol. The normalized spacial score (nSPS) is 13.8. The molecule has 0 radical (unpaired) electrons. The van der Waals surface area contributed by atoms with Crippen LogP contribution in [0.5, 0.6) is 23.0 Å². The number of nitrogens with one attached hydrogen (secondary N) is 1. The molecule has 0 aliphatic carbocycles. The van der Waals surface area contributed by atoms with Crippen molar-refractivity contribution in [2.75, 3.05) is 13.6 Å². The van der Waals surface area contributed by atoms with E-state index in [-0.39, 0.29) is 19.5 Å². The van der Waals surface area contributed by atoms with Gasteiger partial charge < -0.3 is 23.5 Å². The van der Waals surface area contributed by atoms with E-state index in [4.69, 9.17) is 18.9 Å². The largest absolute Gasteiger partial charge is 0.454 e. The molecular formula is C22H19N3O5. The molecule has 2 aliphatic rings. The number of hydrogen-bond donors (Lipinski definition) is 1. The molecule has 30 heavy (non-hydrogen) atoms. The predicted molar refractivity (Wildman–Crippen MR) is 109 cm³/mol. The molecule has 1 aromatic heterocycles. The lowest BCUT2D eigenvalue weighted by Gasteiger charge is -2.10. The van der Waals surface area contributed by atoms with Crippen molar-refractivity contribution >= 4 is 12.1 Å². The summed E-state index contributed by atoms with van der Waals surface area (Å²) in [6.07, 6.45) is 1.64. The first kappa shape index (κ1) is 18.1. The van der Waals surface area contributed by atoms with Crippen molar-refractivity contribution in [3.8, 4) is 28.7 Å². The van der Waals surface area contributed by atoms with Crippen LogP contribution in [-0.2, 0) is 0 Å². The Morgan fingerprint density at radius 2 is 1.60 bits per heavy atom. The van der Waals surface area contributed by atoms with Crippen molar-refractivity contribution in [2.24, 2.45) is 5.10 Å². The number of carbonyl (C=O) groups is 1. The second-order valence-corrected chi connectivity index (χ2v) is 6.97. The molecule has 0 unspecified atom stereocenters. The van der Waals surface area contributed by atoms with Gasteiger partial charge in [-0.1, -0.05) is 0 Å². The third-order valence-corrected chi connectivity index (χ3v) is 5.09. The highest BCUT2D eigenvalue weighted by Crippen LogP contribution is 2.35. The van der Waals surface area contributed by atoms with Crippen LogP contribution < -0.4 is 24.4 Å². The highest BCUT2D eigenvalue weighted by atomic mass is 16.7. The van der Waals surface area contributed by atoms with Gasteiger partial charge in [-0.05, 0) is 50.2 Å². The van der Waals surface area contributed by atoms with Crippen LogP contribution in [0.2, 0.25) is 0 Å². The van der Waals surface area contributed by atoms with E-state index in [0.29, 0.717) is 17.1 Å². The number of amides is 1. The van der Waals surface area contributed by atoms with E-state index in [1.807, 2.05) is 38.1 Å². The summed E-state index contributed by atoms with van der Waals surface area (Å²) in [5.74, 6) is 2.33. The van der Waals surface area contributed by atoms with Crippen LogP contribution in [0.15, 0.2) is 47.6 Å². The van der Waals surface area contributed by atoms with Gasteiger partial charge in [-0.25, -0.2) is 5.43 Å². The molecule has 152 valence electrons.